The first-order chi connectivity index (χ1) is 13.7. The lowest BCUT2D eigenvalue weighted by Crippen LogP contribution is -2.15. The third-order valence-corrected chi connectivity index (χ3v) is 5.31. The molecule has 4 aromatic rings. The molecule has 0 spiro atoms. The van der Waals surface area contributed by atoms with Crippen LogP contribution in [-0.4, -0.2) is 21.6 Å². The summed E-state index contributed by atoms with van der Waals surface area (Å²) in [5.74, 6) is 1.32. The van der Waals surface area contributed by atoms with E-state index in [2.05, 4.69) is 22.2 Å². The monoisotopic (exact) mass is 389 g/mol. The highest BCUT2D eigenvalue weighted by Gasteiger charge is 2.13. The van der Waals surface area contributed by atoms with E-state index < -0.39 is 0 Å². The minimum Gasteiger partial charge on any atom is -0.461 e. The molecule has 0 bridgehead atoms. The molecule has 1 amide bonds. The predicted molar refractivity (Wildman–Crippen MR) is 112 cm³/mol. The molecular weight excluding hydrogens is 370 g/mol. The van der Waals surface area contributed by atoms with Crippen LogP contribution >= 0.6 is 11.8 Å². The number of carbonyl (C=O) groups excluding carboxylic acids is 1. The molecule has 0 radical (unpaired) electrons. The summed E-state index contributed by atoms with van der Waals surface area (Å²) < 4.78 is 5.44. The SMILES string of the molecule is CCc1ccccc1NC(=O)CSc1nc(-c2ccco2)nc2ccccc12. The van der Waals surface area contributed by atoms with Gasteiger partial charge < -0.3 is 9.73 Å². The maximum atomic E-state index is 12.5. The Kier molecular flexibility index (Phi) is 5.39. The Morgan fingerprint density at radius 1 is 1.04 bits per heavy atom. The summed E-state index contributed by atoms with van der Waals surface area (Å²) >= 11 is 1.40. The zero-order chi connectivity index (χ0) is 19.3. The number of hydrogen-bond acceptors (Lipinski definition) is 5. The van der Waals surface area contributed by atoms with Crippen LogP contribution in [-0.2, 0) is 11.2 Å². The Balaban J connectivity index is 1.56. The van der Waals surface area contributed by atoms with Crippen LogP contribution in [0.2, 0.25) is 0 Å². The van der Waals surface area contributed by atoms with Crippen LogP contribution in [0.4, 0.5) is 5.69 Å². The quantitative estimate of drug-likeness (QED) is 0.363. The molecule has 2 aromatic heterocycles. The second-order valence-electron chi connectivity index (χ2n) is 6.19. The van der Waals surface area contributed by atoms with Gasteiger partial charge in [-0.05, 0) is 36.2 Å². The van der Waals surface area contributed by atoms with Gasteiger partial charge in [0.2, 0.25) is 5.91 Å². The molecule has 0 unspecified atom stereocenters. The van der Waals surface area contributed by atoms with Crippen LogP contribution in [0, 0.1) is 0 Å². The predicted octanol–water partition coefficient (Wildman–Crippen LogP) is 5.18. The number of para-hydroxylation sites is 2. The molecule has 2 aromatic carbocycles. The van der Waals surface area contributed by atoms with Crippen LogP contribution < -0.4 is 5.32 Å². The summed E-state index contributed by atoms with van der Waals surface area (Å²) in [6.45, 7) is 2.07. The highest BCUT2D eigenvalue weighted by Crippen LogP contribution is 2.28. The highest BCUT2D eigenvalue weighted by molar-refractivity contribution is 8.00. The van der Waals surface area contributed by atoms with Crippen LogP contribution in [0.1, 0.15) is 12.5 Å². The second kappa shape index (κ2) is 8.27. The van der Waals surface area contributed by atoms with Gasteiger partial charge in [-0.25, -0.2) is 9.97 Å². The van der Waals surface area contributed by atoms with E-state index in [1.165, 1.54) is 11.8 Å². The van der Waals surface area contributed by atoms with Crippen molar-refractivity contribution in [3.05, 3.63) is 72.5 Å². The van der Waals surface area contributed by atoms with Gasteiger partial charge in [0.1, 0.15) is 5.03 Å². The van der Waals surface area contributed by atoms with Gasteiger partial charge in [0, 0.05) is 11.1 Å². The summed E-state index contributed by atoms with van der Waals surface area (Å²) in [6.07, 6.45) is 2.46. The number of carbonyl (C=O) groups is 1. The number of amides is 1. The maximum Gasteiger partial charge on any atom is 0.234 e. The Bertz CT molecular complexity index is 1110. The summed E-state index contributed by atoms with van der Waals surface area (Å²) in [7, 11) is 0. The van der Waals surface area contributed by atoms with E-state index in [1.807, 2.05) is 54.6 Å². The first-order valence-electron chi connectivity index (χ1n) is 9.06. The molecule has 0 saturated carbocycles. The van der Waals surface area contributed by atoms with E-state index in [0.29, 0.717) is 11.6 Å². The van der Waals surface area contributed by atoms with E-state index in [1.54, 1.807) is 12.3 Å². The number of aryl methyl sites for hydroxylation is 1. The topological polar surface area (TPSA) is 68.0 Å². The number of fused-ring (bicyclic) bond motifs is 1. The smallest absolute Gasteiger partial charge is 0.234 e. The van der Waals surface area contributed by atoms with Gasteiger partial charge in [0.15, 0.2) is 11.6 Å². The van der Waals surface area contributed by atoms with Gasteiger partial charge >= 0.3 is 0 Å². The third kappa shape index (κ3) is 3.92. The Morgan fingerprint density at radius 3 is 2.68 bits per heavy atom. The second-order valence-corrected chi connectivity index (χ2v) is 7.16. The average Bonchev–Trinajstić information content (AvgIpc) is 3.27. The number of thioether (sulfide) groups is 1. The van der Waals surface area contributed by atoms with Gasteiger partial charge in [-0.2, -0.15) is 0 Å². The van der Waals surface area contributed by atoms with E-state index in [-0.39, 0.29) is 11.7 Å². The van der Waals surface area contributed by atoms with Crippen molar-refractivity contribution in [1.82, 2.24) is 9.97 Å². The normalized spacial score (nSPS) is 10.9. The zero-order valence-electron chi connectivity index (χ0n) is 15.4. The first kappa shape index (κ1) is 18.3. The summed E-state index contributed by atoms with van der Waals surface area (Å²) in [5.41, 5.74) is 2.80. The molecule has 5 nitrogen and oxygen atoms in total. The lowest BCUT2D eigenvalue weighted by atomic mass is 10.1. The fraction of sp³-hybridized carbons (Fsp3) is 0.136. The standard InChI is InChI=1S/C22H19N3O2S/c1-2-15-8-3-5-10-17(15)23-20(26)14-28-22-16-9-4-6-11-18(16)24-21(25-22)19-12-7-13-27-19/h3-13H,2,14H2,1H3,(H,23,26). The molecular formula is C22H19N3O2S. The van der Waals surface area contributed by atoms with Gasteiger partial charge in [-0.3, -0.25) is 4.79 Å². The van der Waals surface area contributed by atoms with Crippen molar-refractivity contribution in [3.63, 3.8) is 0 Å². The number of nitrogens with one attached hydrogen (secondary N) is 1. The molecule has 0 aliphatic heterocycles. The van der Waals surface area contributed by atoms with Crippen molar-refractivity contribution in [2.24, 2.45) is 0 Å². The summed E-state index contributed by atoms with van der Waals surface area (Å²) in [4.78, 5) is 21.7. The van der Waals surface area contributed by atoms with Crippen molar-refractivity contribution in [2.75, 3.05) is 11.1 Å². The molecule has 0 atom stereocenters. The van der Waals surface area contributed by atoms with Gasteiger partial charge in [0.05, 0.1) is 17.5 Å². The van der Waals surface area contributed by atoms with E-state index in [9.17, 15) is 4.79 Å². The molecule has 140 valence electrons. The van der Waals surface area contributed by atoms with Crippen LogP contribution in [0.5, 0.6) is 0 Å². The molecule has 2 heterocycles. The van der Waals surface area contributed by atoms with Crippen LogP contribution in [0.15, 0.2) is 76.4 Å². The molecule has 0 fully saturated rings. The zero-order valence-corrected chi connectivity index (χ0v) is 16.2. The summed E-state index contributed by atoms with van der Waals surface area (Å²) in [6, 6.07) is 19.3. The number of hydrogen-bond donors (Lipinski definition) is 1. The molecule has 4 rings (SSSR count). The number of furan rings is 1. The third-order valence-electron chi connectivity index (χ3n) is 4.32. The molecule has 28 heavy (non-hydrogen) atoms. The van der Waals surface area contributed by atoms with E-state index in [4.69, 9.17) is 4.42 Å². The van der Waals surface area contributed by atoms with Crippen LogP contribution in [0.3, 0.4) is 0 Å². The fourth-order valence-electron chi connectivity index (χ4n) is 2.94. The molecule has 0 aliphatic rings. The van der Waals surface area contributed by atoms with Crippen molar-refractivity contribution in [1.29, 1.82) is 0 Å². The number of benzene rings is 2. The lowest BCUT2D eigenvalue weighted by Gasteiger charge is -2.10. The Hall–Kier alpha value is -3.12. The Morgan fingerprint density at radius 2 is 1.86 bits per heavy atom. The first-order valence-corrected chi connectivity index (χ1v) is 10.0. The number of rotatable bonds is 6. The molecule has 0 saturated heterocycles. The minimum absolute atomic E-state index is 0.0619. The number of anilines is 1. The van der Waals surface area contributed by atoms with Crippen molar-refractivity contribution in [2.45, 2.75) is 18.4 Å². The lowest BCUT2D eigenvalue weighted by molar-refractivity contribution is -0.113. The number of aromatic nitrogens is 2. The Labute approximate surface area is 167 Å². The number of nitrogens with zero attached hydrogens (tertiary/aromatic N) is 2. The molecule has 0 aliphatic carbocycles. The van der Waals surface area contributed by atoms with Gasteiger partial charge in [0.25, 0.3) is 0 Å². The highest BCUT2D eigenvalue weighted by atomic mass is 32.2. The van der Waals surface area contributed by atoms with E-state index >= 15 is 0 Å². The van der Waals surface area contributed by atoms with E-state index in [0.717, 1.165) is 33.6 Å². The molecule has 6 heteroatoms. The van der Waals surface area contributed by atoms with Crippen molar-refractivity contribution >= 4 is 34.3 Å². The van der Waals surface area contributed by atoms with Crippen molar-refractivity contribution < 1.29 is 9.21 Å². The molecule has 1 N–H and O–H groups in total. The van der Waals surface area contributed by atoms with Gasteiger partial charge in [-0.1, -0.05) is 55.1 Å². The van der Waals surface area contributed by atoms with Gasteiger partial charge in [-0.15, -0.1) is 0 Å². The largest absolute Gasteiger partial charge is 0.461 e. The maximum absolute atomic E-state index is 12.5. The van der Waals surface area contributed by atoms with Crippen molar-refractivity contribution in [3.8, 4) is 11.6 Å². The average molecular weight is 389 g/mol. The fourth-order valence-corrected chi connectivity index (χ4v) is 3.76. The van der Waals surface area contributed by atoms with Crippen LogP contribution in [0.25, 0.3) is 22.5 Å². The summed E-state index contributed by atoms with van der Waals surface area (Å²) in [5, 5.41) is 4.68. The minimum atomic E-state index is -0.0619.